The number of piperazine rings is 1. The third kappa shape index (κ3) is 4.51. The molecular weight excluding hydrogens is 346 g/mol. The predicted molar refractivity (Wildman–Crippen MR) is 96.4 cm³/mol. The van der Waals surface area contributed by atoms with Gasteiger partial charge in [-0.3, -0.25) is 14.5 Å². The van der Waals surface area contributed by atoms with E-state index in [1.807, 2.05) is 35.2 Å². The quantitative estimate of drug-likeness (QED) is 0.754. The average Bonchev–Trinajstić information content (AvgIpc) is 3.42. The van der Waals surface area contributed by atoms with Crippen LogP contribution in [0.25, 0.3) is 0 Å². The Morgan fingerprint density at radius 3 is 2.89 bits per heavy atom. The smallest absolute Gasteiger partial charge is 0.246 e. The first kappa shape index (κ1) is 17.7. The van der Waals surface area contributed by atoms with Gasteiger partial charge < -0.3 is 15.2 Å². The van der Waals surface area contributed by atoms with Gasteiger partial charge in [-0.15, -0.1) is 0 Å². The van der Waals surface area contributed by atoms with Gasteiger partial charge in [-0.2, -0.15) is 4.98 Å². The Hall–Kier alpha value is -2.74. The molecule has 2 aliphatic rings. The predicted octanol–water partition coefficient (Wildman–Crippen LogP) is 0.954. The molecule has 1 aromatic carbocycles. The standard InChI is InChI=1S/C19H23N5O3/c25-16(21-11-17-22-18(23-27-17)14-6-7-14)10-15-19(26)20-8-9-24(15)12-13-4-2-1-3-5-13/h1-5,14-15H,6-12H2,(H,20,26)(H,21,25). The molecule has 8 heteroatoms. The molecule has 1 saturated carbocycles. The molecule has 142 valence electrons. The van der Waals surface area contributed by atoms with E-state index in [1.54, 1.807) is 0 Å². The SMILES string of the molecule is O=C(CC1C(=O)NCCN1Cc1ccccc1)NCc1nc(C2CC2)no1. The van der Waals surface area contributed by atoms with Gasteiger partial charge in [0, 0.05) is 25.6 Å². The third-order valence-corrected chi connectivity index (χ3v) is 4.91. The Bertz CT molecular complexity index is 803. The number of hydrogen-bond donors (Lipinski definition) is 2. The summed E-state index contributed by atoms with van der Waals surface area (Å²) in [5.41, 5.74) is 1.12. The summed E-state index contributed by atoms with van der Waals surface area (Å²) in [6.07, 6.45) is 2.29. The van der Waals surface area contributed by atoms with E-state index in [0.29, 0.717) is 31.4 Å². The Morgan fingerprint density at radius 1 is 1.30 bits per heavy atom. The lowest BCUT2D eigenvalue weighted by atomic mass is 10.1. The van der Waals surface area contributed by atoms with Gasteiger partial charge in [0.1, 0.15) is 0 Å². The van der Waals surface area contributed by atoms with Crippen molar-refractivity contribution in [3.63, 3.8) is 0 Å². The summed E-state index contributed by atoms with van der Waals surface area (Å²) in [5.74, 6) is 1.22. The van der Waals surface area contributed by atoms with Gasteiger partial charge in [-0.05, 0) is 18.4 Å². The van der Waals surface area contributed by atoms with Crippen LogP contribution in [0.4, 0.5) is 0 Å². The van der Waals surface area contributed by atoms with E-state index in [4.69, 9.17) is 4.52 Å². The summed E-state index contributed by atoms with van der Waals surface area (Å²) in [5, 5.41) is 9.56. The molecule has 0 spiro atoms. The zero-order valence-electron chi connectivity index (χ0n) is 15.1. The van der Waals surface area contributed by atoms with Crippen molar-refractivity contribution >= 4 is 11.8 Å². The first-order valence-corrected chi connectivity index (χ1v) is 9.34. The number of nitrogens with one attached hydrogen (secondary N) is 2. The molecule has 2 N–H and O–H groups in total. The fourth-order valence-electron chi connectivity index (χ4n) is 3.26. The lowest BCUT2D eigenvalue weighted by Crippen LogP contribution is -2.56. The average molecular weight is 369 g/mol. The molecule has 4 rings (SSSR count). The fraction of sp³-hybridized carbons (Fsp3) is 0.474. The summed E-state index contributed by atoms with van der Waals surface area (Å²) in [4.78, 5) is 31.0. The molecule has 27 heavy (non-hydrogen) atoms. The first-order valence-electron chi connectivity index (χ1n) is 9.34. The number of amides is 2. The van der Waals surface area contributed by atoms with E-state index in [0.717, 1.165) is 24.2 Å². The summed E-state index contributed by atoms with van der Waals surface area (Å²) in [7, 11) is 0. The molecule has 0 radical (unpaired) electrons. The summed E-state index contributed by atoms with van der Waals surface area (Å²) in [6.45, 7) is 2.13. The van der Waals surface area contributed by atoms with Gasteiger partial charge in [0.25, 0.3) is 0 Å². The zero-order chi connectivity index (χ0) is 18.6. The lowest BCUT2D eigenvalue weighted by molar-refractivity contribution is -0.134. The van der Waals surface area contributed by atoms with Crippen LogP contribution in [0.3, 0.4) is 0 Å². The van der Waals surface area contributed by atoms with Crippen LogP contribution in [-0.2, 0) is 22.7 Å². The summed E-state index contributed by atoms with van der Waals surface area (Å²) in [6, 6.07) is 9.48. The highest BCUT2D eigenvalue weighted by Gasteiger charge is 2.32. The van der Waals surface area contributed by atoms with Crippen LogP contribution < -0.4 is 10.6 Å². The van der Waals surface area contributed by atoms with Crippen molar-refractivity contribution in [3.8, 4) is 0 Å². The molecule has 1 saturated heterocycles. The van der Waals surface area contributed by atoms with Gasteiger partial charge in [0.05, 0.1) is 19.0 Å². The lowest BCUT2D eigenvalue weighted by Gasteiger charge is -2.34. The molecule has 2 heterocycles. The third-order valence-electron chi connectivity index (χ3n) is 4.91. The molecule has 2 aromatic rings. The number of aromatic nitrogens is 2. The minimum Gasteiger partial charge on any atom is -0.353 e. The van der Waals surface area contributed by atoms with Crippen molar-refractivity contribution in [3.05, 3.63) is 47.6 Å². The summed E-state index contributed by atoms with van der Waals surface area (Å²) < 4.78 is 5.16. The minimum absolute atomic E-state index is 0.0995. The molecule has 1 aliphatic carbocycles. The van der Waals surface area contributed by atoms with Crippen LogP contribution in [0, 0.1) is 0 Å². The van der Waals surface area contributed by atoms with Crippen molar-refractivity contribution in [1.29, 1.82) is 0 Å². The topological polar surface area (TPSA) is 100 Å². The maximum absolute atomic E-state index is 12.4. The molecule has 2 amide bonds. The van der Waals surface area contributed by atoms with Gasteiger partial charge in [-0.1, -0.05) is 35.5 Å². The van der Waals surface area contributed by atoms with E-state index >= 15 is 0 Å². The second-order valence-corrected chi connectivity index (χ2v) is 7.06. The second kappa shape index (κ2) is 7.87. The van der Waals surface area contributed by atoms with Crippen LogP contribution in [0.15, 0.2) is 34.9 Å². The van der Waals surface area contributed by atoms with Crippen molar-refractivity contribution < 1.29 is 14.1 Å². The Kier molecular flexibility index (Phi) is 5.15. The molecule has 0 bridgehead atoms. The summed E-state index contributed by atoms with van der Waals surface area (Å²) >= 11 is 0. The minimum atomic E-state index is -0.483. The van der Waals surface area contributed by atoms with Crippen LogP contribution in [0.5, 0.6) is 0 Å². The number of rotatable bonds is 7. The van der Waals surface area contributed by atoms with Gasteiger partial charge in [0.2, 0.25) is 17.7 Å². The van der Waals surface area contributed by atoms with Crippen molar-refractivity contribution in [2.75, 3.05) is 13.1 Å². The van der Waals surface area contributed by atoms with E-state index in [9.17, 15) is 9.59 Å². The zero-order valence-corrected chi connectivity index (χ0v) is 15.1. The van der Waals surface area contributed by atoms with E-state index in [2.05, 4.69) is 20.8 Å². The molecular formula is C19H23N5O3. The van der Waals surface area contributed by atoms with Crippen LogP contribution in [0.1, 0.15) is 42.5 Å². The molecule has 2 fully saturated rings. The molecule has 1 unspecified atom stereocenters. The number of hydrogen-bond acceptors (Lipinski definition) is 6. The Morgan fingerprint density at radius 2 is 2.11 bits per heavy atom. The Labute approximate surface area is 157 Å². The number of nitrogens with zero attached hydrogens (tertiary/aromatic N) is 3. The number of carbonyl (C=O) groups is 2. The highest BCUT2D eigenvalue weighted by Crippen LogP contribution is 2.38. The molecule has 1 atom stereocenters. The van der Waals surface area contributed by atoms with E-state index in [1.165, 1.54) is 0 Å². The van der Waals surface area contributed by atoms with Crippen molar-refractivity contribution in [2.45, 2.75) is 44.3 Å². The van der Waals surface area contributed by atoms with Crippen LogP contribution >= 0.6 is 0 Å². The van der Waals surface area contributed by atoms with E-state index < -0.39 is 6.04 Å². The monoisotopic (exact) mass is 369 g/mol. The molecule has 1 aromatic heterocycles. The normalized spacial score (nSPS) is 20.3. The van der Waals surface area contributed by atoms with Crippen LogP contribution in [0.2, 0.25) is 0 Å². The van der Waals surface area contributed by atoms with Crippen LogP contribution in [-0.4, -0.2) is 46.0 Å². The van der Waals surface area contributed by atoms with Gasteiger partial charge in [0.15, 0.2) is 5.82 Å². The van der Waals surface area contributed by atoms with Crippen molar-refractivity contribution in [2.24, 2.45) is 0 Å². The highest BCUT2D eigenvalue weighted by atomic mass is 16.5. The van der Waals surface area contributed by atoms with E-state index in [-0.39, 0.29) is 24.8 Å². The molecule has 8 nitrogen and oxygen atoms in total. The second-order valence-electron chi connectivity index (χ2n) is 7.06. The first-order chi connectivity index (χ1) is 13.2. The maximum atomic E-state index is 12.4. The molecule has 1 aliphatic heterocycles. The number of carbonyl (C=O) groups excluding carboxylic acids is 2. The maximum Gasteiger partial charge on any atom is 0.246 e. The number of benzene rings is 1. The Balaban J connectivity index is 1.32. The van der Waals surface area contributed by atoms with Gasteiger partial charge in [-0.25, -0.2) is 0 Å². The van der Waals surface area contributed by atoms with Gasteiger partial charge >= 0.3 is 0 Å². The fourth-order valence-corrected chi connectivity index (χ4v) is 3.26. The highest BCUT2D eigenvalue weighted by molar-refractivity contribution is 5.88. The largest absolute Gasteiger partial charge is 0.353 e. The van der Waals surface area contributed by atoms with Crippen molar-refractivity contribution in [1.82, 2.24) is 25.7 Å².